The first-order valence-electron chi connectivity index (χ1n) is 14.0. The van der Waals surface area contributed by atoms with Crippen molar-refractivity contribution in [1.82, 2.24) is 9.62 Å². The SMILES string of the molecule is Cc1ccc(S(=O)(=O)N(CC(C)C)C[C@@H](O)[C@H](Cc2ccccc2)NC(=O)[C@H](C)O[C@H]2CO[C@H]3OCC[C@H]32)cc1. The van der Waals surface area contributed by atoms with Crippen LogP contribution in [0.3, 0.4) is 0 Å². The molecule has 2 aliphatic heterocycles. The fourth-order valence-electron chi connectivity index (χ4n) is 5.21. The van der Waals surface area contributed by atoms with E-state index in [1.807, 2.05) is 51.1 Å². The molecule has 2 aromatic rings. The topological polar surface area (TPSA) is 114 Å². The molecule has 0 aliphatic carbocycles. The maximum Gasteiger partial charge on any atom is 0.249 e. The van der Waals surface area contributed by atoms with Crippen molar-refractivity contribution in [2.24, 2.45) is 11.8 Å². The Balaban J connectivity index is 1.50. The van der Waals surface area contributed by atoms with Crippen LogP contribution in [0.15, 0.2) is 59.5 Å². The van der Waals surface area contributed by atoms with Gasteiger partial charge in [0.05, 0.1) is 36.4 Å². The van der Waals surface area contributed by atoms with E-state index in [2.05, 4.69) is 5.32 Å². The standard InChI is InChI=1S/C30H42N2O7S/c1-20(2)17-32(40(35,36)24-12-10-21(3)11-13-24)18-27(33)26(16-23-8-6-5-7-9-23)31-29(34)22(4)39-28-19-38-30-25(28)14-15-37-30/h5-13,20,22,25-28,30,33H,14-19H2,1-4H3,(H,31,34)/t22-,25-,26-,27+,28-,30+/m0/s1. The Morgan fingerprint density at radius 2 is 1.77 bits per heavy atom. The quantitative estimate of drug-likeness (QED) is 0.378. The van der Waals surface area contributed by atoms with Gasteiger partial charge in [-0.25, -0.2) is 8.42 Å². The van der Waals surface area contributed by atoms with Gasteiger partial charge in [-0.3, -0.25) is 4.79 Å². The number of sulfonamides is 1. The molecule has 2 aliphatic rings. The highest BCUT2D eigenvalue weighted by Gasteiger charge is 2.43. The van der Waals surface area contributed by atoms with Crippen molar-refractivity contribution < 1.29 is 32.5 Å². The lowest BCUT2D eigenvalue weighted by Gasteiger charge is -2.31. The lowest BCUT2D eigenvalue weighted by atomic mass is 10.0. The maximum atomic E-state index is 13.6. The molecule has 10 heteroatoms. The summed E-state index contributed by atoms with van der Waals surface area (Å²) in [5.74, 6) is -0.253. The number of aliphatic hydroxyl groups is 1. The molecule has 0 spiro atoms. The first kappa shape index (κ1) is 30.6. The van der Waals surface area contributed by atoms with Crippen LogP contribution < -0.4 is 5.32 Å². The number of ether oxygens (including phenoxy) is 3. The summed E-state index contributed by atoms with van der Waals surface area (Å²) in [7, 11) is -3.87. The molecule has 2 N–H and O–H groups in total. The van der Waals surface area contributed by atoms with Crippen LogP contribution in [0, 0.1) is 18.8 Å². The number of aliphatic hydroxyl groups excluding tert-OH is 1. The first-order valence-corrected chi connectivity index (χ1v) is 15.5. The van der Waals surface area contributed by atoms with Crippen molar-refractivity contribution in [3.63, 3.8) is 0 Å². The number of hydrogen-bond acceptors (Lipinski definition) is 7. The number of benzene rings is 2. The van der Waals surface area contributed by atoms with Crippen molar-refractivity contribution in [2.75, 3.05) is 26.3 Å². The molecule has 2 saturated heterocycles. The number of fused-ring (bicyclic) bond motifs is 1. The smallest absolute Gasteiger partial charge is 0.249 e. The molecule has 1 amide bonds. The molecule has 2 heterocycles. The van der Waals surface area contributed by atoms with Gasteiger partial charge in [0.2, 0.25) is 15.9 Å². The molecule has 2 fully saturated rings. The Morgan fingerprint density at radius 3 is 2.45 bits per heavy atom. The first-order chi connectivity index (χ1) is 19.0. The van der Waals surface area contributed by atoms with E-state index in [-0.39, 0.29) is 48.1 Å². The van der Waals surface area contributed by atoms with E-state index in [0.717, 1.165) is 17.5 Å². The Hall–Kier alpha value is -2.34. The van der Waals surface area contributed by atoms with Crippen LogP contribution in [-0.4, -0.2) is 80.7 Å². The Morgan fingerprint density at radius 1 is 1.07 bits per heavy atom. The summed E-state index contributed by atoms with van der Waals surface area (Å²) in [6.45, 7) is 8.47. The van der Waals surface area contributed by atoms with Gasteiger partial charge >= 0.3 is 0 Å². The van der Waals surface area contributed by atoms with Crippen molar-refractivity contribution in [3.8, 4) is 0 Å². The second kappa shape index (κ2) is 13.5. The molecule has 0 aromatic heterocycles. The van der Waals surface area contributed by atoms with E-state index in [1.54, 1.807) is 31.2 Å². The van der Waals surface area contributed by atoms with Crippen LogP contribution >= 0.6 is 0 Å². The van der Waals surface area contributed by atoms with Gasteiger partial charge < -0.3 is 24.6 Å². The third-order valence-corrected chi connectivity index (χ3v) is 9.29. The number of aryl methyl sites for hydroxylation is 1. The van der Waals surface area contributed by atoms with Gasteiger partial charge in [-0.2, -0.15) is 4.31 Å². The predicted molar refractivity (Wildman–Crippen MR) is 151 cm³/mol. The predicted octanol–water partition coefficient (Wildman–Crippen LogP) is 2.90. The molecule has 2 aromatic carbocycles. The third-order valence-electron chi connectivity index (χ3n) is 7.44. The van der Waals surface area contributed by atoms with Crippen LogP contribution in [-0.2, 0) is 35.4 Å². The summed E-state index contributed by atoms with van der Waals surface area (Å²) < 4.78 is 45.8. The zero-order chi connectivity index (χ0) is 28.9. The molecule has 6 atom stereocenters. The number of nitrogens with zero attached hydrogens (tertiary/aromatic N) is 1. The minimum Gasteiger partial charge on any atom is -0.390 e. The van der Waals surface area contributed by atoms with E-state index < -0.39 is 28.3 Å². The molecule has 0 radical (unpaired) electrons. The van der Waals surface area contributed by atoms with Crippen molar-refractivity contribution in [2.45, 2.75) is 76.1 Å². The summed E-state index contributed by atoms with van der Waals surface area (Å²) >= 11 is 0. The van der Waals surface area contributed by atoms with Gasteiger partial charge in [0.15, 0.2) is 6.29 Å². The zero-order valence-corrected chi connectivity index (χ0v) is 24.5. The number of nitrogens with one attached hydrogen (secondary N) is 1. The lowest BCUT2D eigenvalue weighted by molar-refractivity contribution is -0.138. The van der Waals surface area contributed by atoms with Crippen LogP contribution in [0.25, 0.3) is 0 Å². The summed E-state index contributed by atoms with van der Waals surface area (Å²) in [5, 5.41) is 14.4. The molecule has 220 valence electrons. The largest absolute Gasteiger partial charge is 0.390 e. The van der Waals surface area contributed by atoms with Gasteiger partial charge in [-0.1, -0.05) is 61.9 Å². The zero-order valence-electron chi connectivity index (χ0n) is 23.7. The number of hydrogen-bond donors (Lipinski definition) is 2. The normalized spacial score (nSPS) is 23.2. The Labute approximate surface area is 237 Å². The molecule has 0 saturated carbocycles. The summed E-state index contributed by atoms with van der Waals surface area (Å²) in [6, 6.07) is 15.4. The van der Waals surface area contributed by atoms with Gasteiger partial charge in [-0.15, -0.1) is 0 Å². The molecule has 40 heavy (non-hydrogen) atoms. The average Bonchev–Trinajstić information content (AvgIpc) is 3.53. The molecule has 0 unspecified atom stereocenters. The van der Waals surface area contributed by atoms with E-state index in [1.165, 1.54) is 4.31 Å². The fourth-order valence-corrected chi connectivity index (χ4v) is 6.84. The average molecular weight is 575 g/mol. The number of amides is 1. The van der Waals surface area contributed by atoms with E-state index >= 15 is 0 Å². The van der Waals surface area contributed by atoms with Gasteiger partial charge in [0.1, 0.15) is 6.10 Å². The third kappa shape index (κ3) is 7.69. The fraction of sp³-hybridized carbons (Fsp3) is 0.567. The van der Waals surface area contributed by atoms with E-state index in [4.69, 9.17) is 14.2 Å². The van der Waals surface area contributed by atoms with E-state index in [0.29, 0.717) is 19.6 Å². The molecular weight excluding hydrogens is 532 g/mol. The minimum atomic E-state index is -3.87. The number of carbonyl (C=O) groups excluding carboxylic acids is 1. The Kier molecular flexibility index (Phi) is 10.4. The second-order valence-corrected chi connectivity index (χ2v) is 13.2. The van der Waals surface area contributed by atoms with E-state index in [9.17, 15) is 18.3 Å². The lowest BCUT2D eigenvalue weighted by Crippen LogP contribution is -2.53. The van der Waals surface area contributed by atoms with Gasteiger partial charge in [0, 0.05) is 19.0 Å². The van der Waals surface area contributed by atoms with Crippen molar-refractivity contribution in [1.29, 1.82) is 0 Å². The summed E-state index contributed by atoms with van der Waals surface area (Å²) in [5.41, 5.74) is 1.86. The molecular formula is C30H42N2O7S. The van der Waals surface area contributed by atoms with Crippen LogP contribution in [0.1, 0.15) is 38.3 Å². The second-order valence-electron chi connectivity index (χ2n) is 11.2. The summed E-state index contributed by atoms with van der Waals surface area (Å²) in [6.07, 6.45) is -1.34. The number of carbonyl (C=O) groups is 1. The minimum absolute atomic E-state index is 0.0278. The number of rotatable bonds is 13. The highest BCUT2D eigenvalue weighted by Crippen LogP contribution is 2.33. The highest BCUT2D eigenvalue weighted by molar-refractivity contribution is 7.89. The molecule has 0 bridgehead atoms. The summed E-state index contributed by atoms with van der Waals surface area (Å²) in [4.78, 5) is 13.5. The highest BCUT2D eigenvalue weighted by atomic mass is 32.2. The van der Waals surface area contributed by atoms with Crippen molar-refractivity contribution in [3.05, 3.63) is 65.7 Å². The Bertz CT molecular complexity index is 1210. The van der Waals surface area contributed by atoms with Gasteiger partial charge in [-0.05, 0) is 50.3 Å². The van der Waals surface area contributed by atoms with Crippen LogP contribution in [0.2, 0.25) is 0 Å². The molecule has 4 rings (SSSR count). The van der Waals surface area contributed by atoms with Gasteiger partial charge in [0.25, 0.3) is 0 Å². The van der Waals surface area contributed by atoms with Crippen molar-refractivity contribution >= 4 is 15.9 Å². The van der Waals surface area contributed by atoms with Crippen LogP contribution in [0.4, 0.5) is 0 Å². The maximum absolute atomic E-state index is 13.6. The van der Waals surface area contributed by atoms with Crippen LogP contribution in [0.5, 0.6) is 0 Å². The monoisotopic (exact) mass is 574 g/mol. The molecule has 9 nitrogen and oxygen atoms in total.